The normalized spacial score (nSPS) is 8.11. The van der Waals surface area contributed by atoms with Crippen LogP contribution < -0.4 is 5.43 Å². The monoisotopic (exact) mass is 136 g/mol. The molecule has 0 spiro atoms. The van der Waals surface area contributed by atoms with Gasteiger partial charge < -0.3 is 4.74 Å². The van der Waals surface area contributed by atoms with Crippen molar-refractivity contribution in [2.45, 2.75) is 0 Å². The van der Waals surface area contributed by atoms with E-state index in [1.807, 2.05) is 5.29 Å². The fourth-order valence-corrected chi connectivity index (χ4v) is 0.201. The van der Waals surface area contributed by atoms with Crippen molar-refractivity contribution >= 4 is 6.09 Å². The highest BCUT2D eigenvalue weighted by atomic mass is 19.1. The zero-order valence-electron chi connectivity index (χ0n) is 4.46. The summed E-state index contributed by atoms with van der Waals surface area (Å²) in [7, 11) is 0. The Morgan fingerprint density at radius 3 is 2.89 bits per heavy atom. The molecule has 0 aromatic rings. The Morgan fingerprint density at radius 2 is 2.44 bits per heavy atom. The van der Waals surface area contributed by atoms with E-state index in [9.17, 15) is 14.1 Å². The van der Waals surface area contributed by atoms with Crippen molar-refractivity contribution in [3.05, 3.63) is 4.91 Å². The maximum Gasteiger partial charge on any atom is 0.430 e. The van der Waals surface area contributed by atoms with Crippen LogP contribution in [-0.2, 0) is 4.74 Å². The van der Waals surface area contributed by atoms with Gasteiger partial charge in [0.25, 0.3) is 0 Å². The molecule has 0 heterocycles. The van der Waals surface area contributed by atoms with Crippen LogP contribution in [0.1, 0.15) is 0 Å². The summed E-state index contributed by atoms with van der Waals surface area (Å²) < 4.78 is 15.2. The average molecular weight is 136 g/mol. The number of alkyl halides is 1. The lowest BCUT2D eigenvalue weighted by molar-refractivity contribution is 0.138. The van der Waals surface area contributed by atoms with E-state index < -0.39 is 12.8 Å². The molecule has 1 N–H and O–H groups in total. The summed E-state index contributed by atoms with van der Waals surface area (Å²) in [6, 6.07) is 0. The highest BCUT2D eigenvalue weighted by molar-refractivity contribution is 5.66. The molecule has 0 saturated heterocycles. The van der Waals surface area contributed by atoms with Gasteiger partial charge in [-0.3, -0.25) is 0 Å². The van der Waals surface area contributed by atoms with E-state index in [2.05, 4.69) is 4.74 Å². The zero-order valence-corrected chi connectivity index (χ0v) is 4.46. The summed E-state index contributed by atoms with van der Waals surface area (Å²) in [5.74, 6) is 0. The van der Waals surface area contributed by atoms with Crippen LogP contribution in [0, 0.1) is 4.91 Å². The Hall–Kier alpha value is -1.20. The fraction of sp³-hybridized carbons (Fsp3) is 0.667. The fourth-order valence-electron chi connectivity index (χ4n) is 0.201. The summed E-state index contributed by atoms with van der Waals surface area (Å²) in [4.78, 5) is 19.2. The van der Waals surface area contributed by atoms with Crippen LogP contribution in [0.25, 0.3) is 0 Å². The number of hydrogen-bond donors (Lipinski definition) is 1. The van der Waals surface area contributed by atoms with Gasteiger partial charge in [0.1, 0.15) is 13.3 Å². The minimum absolute atomic E-state index is 0.360. The van der Waals surface area contributed by atoms with Crippen LogP contribution in [0.2, 0.25) is 0 Å². The SMILES string of the molecule is O=NNC(=O)OCCF. The molecule has 0 aliphatic heterocycles. The number of halogens is 1. The van der Waals surface area contributed by atoms with E-state index in [4.69, 9.17) is 0 Å². The summed E-state index contributed by atoms with van der Waals surface area (Å²) in [6.07, 6.45) is -1.04. The largest absolute Gasteiger partial charge is 0.445 e. The summed E-state index contributed by atoms with van der Waals surface area (Å²) in [6.45, 7) is -1.13. The third-order valence-corrected chi connectivity index (χ3v) is 0.447. The van der Waals surface area contributed by atoms with Crippen molar-refractivity contribution in [2.24, 2.45) is 5.29 Å². The number of carbonyl (C=O) groups excluding carboxylic acids is 1. The minimum atomic E-state index is -1.04. The van der Waals surface area contributed by atoms with Crippen molar-refractivity contribution < 1.29 is 13.9 Å². The summed E-state index contributed by atoms with van der Waals surface area (Å²) >= 11 is 0. The maximum absolute atomic E-state index is 11.2. The second-order valence-corrected chi connectivity index (χ2v) is 1.03. The molecule has 0 fully saturated rings. The van der Waals surface area contributed by atoms with Crippen molar-refractivity contribution in [2.75, 3.05) is 13.3 Å². The maximum atomic E-state index is 11.2. The lowest BCUT2D eigenvalue weighted by atomic mass is 10.8. The highest BCUT2D eigenvalue weighted by Crippen LogP contribution is 1.76. The average Bonchev–Trinajstić information content (AvgIpc) is 1.85. The van der Waals surface area contributed by atoms with E-state index in [1.54, 1.807) is 0 Å². The topological polar surface area (TPSA) is 67.8 Å². The second kappa shape index (κ2) is 4.95. The van der Waals surface area contributed by atoms with Gasteiger partial charge >= 0.3 is 6.09 Å². The number of amides is 1. The summed E-state index contributed by atoms with van der Waals surface area (Å²) in [5, 5.41) is 1.99. The number of ether oxygens (including phenoxy) is 1. The molecule has 6 heteroatoms. The Kier molecular flexibility index (Phi) is 4.29. The predicted octanol–water partition coefficient (Wildman–Crippen LogP) is 0.364. The Labute approximate surface area is 50.1 Å². The van der Waals surface area contributed by atoms with Gasteiger partial charge in [0.05, 0.1) is 5.29 Å². The molecule has 5 nitrogen and oxygen atoms in total. The molecular weight excluding hydrogens is 131 g/mol. The van der Waals surface area contributed by atoms with E-state index in [1.165, 1.54) is 5.43 Å². The van der Waals surface area contributed by atoms with E-state index in [0.29, 0.717) is 0 Å². The van der Waals surface area contributed by atoms with Crippen molar-refractivity contribution in [3.8, 4) is 0 Å². The molecule has 0 atom stereocenters. The van der Waals surface area contributed by atoms with Gasteiger partial charge in [0.2, 0.25) is 0 Å². The smallest absolute Gasteiger partial charge is 0.430 e. The molecule has 0 radical (unpaired) electrons. The number of nitrogens with one attached hydrogen (secondary N) is 1. The first-order valence-corrected chi connectivity index (χ1v) is 2.12. The molecule has 9 heavy (non-hydrogen) atoms. The van der Waals surface area contributed by atoms with E-state index in [0.717, 1.165) is 0 Å². The summed E-state index contributed by atoms with van der Waals surface area (Å²) in [5.41, 5.74) is 1.42. The number of hydrogen-bond acceptors (Lipinski definition) is 4. The lowest BCUT2D eigenvalue weighted by Gasteiger charge is -1.95. The minimum Gasteiger partial charge on any atom is -0.445 e. The van der Waals surface area contributed by atoms with Crippen LogP contribution in [0.15, 0.2) is 5.29 Å². The molecule has 0 bridgehead atoms. The molecule has 0 aromatic carbocycles. The Bertz CT molecular complexity index is 107. The third-order valence-electron chi connectivity index (χ3n) is 0.447. The number of nitrogens with zero attached hydrogens (tertiary/aromatic N) is 1. The number of rotatable bonds is 3. The van der Waals surface area contributed by atoms with E-state index >= 15 is 0 Å². The van der Waals surface area contributed by atoms with Crippen LogP contribution in [-0.4, -0.2) is 19.4 Å². The molecule has 0 aliphatic carbocycles. The number of nitroso groups, excluding NO2 is 1. The van der Waals surface area contributed by atoms with E-state index in [-0.39, 0.29) is 6.61 Å². The first-order chi connectivity index (χ1) is 4.31. The van der Waals surface area contributed by atoms with Crippen LogP contribution in [0.3, 0.4) is 0 Å². The van der Waals surface area contributed by atoms with Gasteiger partial charge in [-0.05, 0) is 0 Å². The Balaban J connectivity index is 3.16. The molecule has 52 valence electrons. The van der Waals surface area contributed by atoms with Gasteiger partial charge in [0, 0.05) is 0 Å². The molecule has 0 saturated carbocycles. The van der Waals surface area contributed by atoms with Crippen LogP contribution >= 0.6 is 0 Å². The second-order valence-electron chi connectivity index (χ2n) is 1.03. The zero-order chi connectivity index (χ0) is 7.11. The van der Waals surface area contributed by atoms with Gasteiger partial charge in [-0.25, -0.2) is 9.18 Å². The van der Waals surface area contributed by atoms with Crippen LogP contribution in [0.5, 0.6) is 0 Å². The van der Waals surface area contributed by atoms with Gasteiger partial charge in [-0.2, -0.15) is 5.43 Å². The Morgan fingerprint density at radius 1 is 1.78 bits per heavy atom. The van der Waals surface area contributed by atoms with Crippen molar-refractivity contribution in [3.63, 3.8) is 0 Å². The molecule has 0 aliphatic rings. The standard InChI is InChI=1S/C3H5FN2O3/c4-1-2-9-3(7)5-6-8/h1-2H2,(H,5,7,8). The predicted molar refractivity (Wildman–Crippen MR) is 26.3 cm³/mol. The first kappa shape index (κ1) is 7.80. The molecule has 0 rings (SSSR count). The van der Waals surface area contributed by atoms with Crippen LogP contribution in [0.4, 0.5) is 9.18 Å². The molecule has 0 unspecified atom stereocenters. The quantitative estimate of drug-likeness (QED) is 0.450. The van der Waals surface area contributed by atoms with Gasteiger partial charge in [0.15, 0.2) is 0 Å². The molecule has 0 aromatic heterocycles. The van der Waals surface area contributed by atoms with Gasteiger partial charge in [-0.1, -0.05) is 0 Å². The third kappa shape index (κ3) is 4.66. The lowest BCUT2D eigenvalue weighted by Crippen LogP contribution is -2.18. The molecular formula is C3H5FN2O3. The molecule has 1 amide bonds. The number of carbonyl (C=O) groups is 1. The van der Waals surface area contributed by atoms with Crippen molar-refractivity contribution in [1.82, 2.24) is 5.43 Å². The highest BCUT2D eigenvalue weighted by Gasteiger charge is 1.97. The first-order valence-electron chi connectivity index (χ1n) is 2.12. The van der Waals surface area contributed by atoms with Crippen molar-refractivity contribution in [1.29, 1.82) is 0 Å². The van der Waals surface area contributed by atoms with Gasteiger partial charge in [-0.15, -0.1) is 4.91 Å².